The molecule has 0 aromatic carbocycles. The highest BCUT2D eigenvalue weighted by Gasteiger charge is 2.47. The second-order valence-corrected chi connectivity index (χ2v) is 5.13. The molecule has 0 bridgehead atoms. The molecule has 2 fully saturated rings. The Kier molecular flexibility index (Phi) is 2.43. The Morgan fingerprint density at radius 1 is 1.20 bits per heavy atom. The maximum Gasteiger partial charge on any atom is 0.219 e. The molecule has 3 rings (SSSR count). The van der Waals surface area contributed by atoms with Crippen molar-refractivity contribution in [2.24, 2.45) is 11.8 Å². The predicted molar refractivity (Wildman–Crippen MR) is 56.9 cm³/mol. The standard InChI is InChI=1S/C11H15ClN2O/c12-3-1-2-10-13-14-11(15-10)9-5-7-4-8(7)6-9/h7-9H,1-6H2. The average molecular weight is 227 g/mol. The Labute approximate surface area is 94.2 Å². The van der Waals surface area contributed by atoms with Crippen LogP contribution in [-0.2, 0) is 6.42 Å². The first kappa shape index (κ1) is 9.64. The zero-order valence-corrected chi connectivity index (χ0v) is 9.41. The van der Waals surface area contributed by atoms with Crippen molar-refractivity contribution in [2.75, 3.05) is 5.88 Å². The molecule has 82 valence electrons. The van der Waals surface area contributed by atoms with E-state index < -0.39 is 0 Å². The van der Waals surface area contributed by atoms with Gasteiger partial charge in [0.05, 0.1) is 0 Å². The van der Waals surface area contributed by atoms with E-state index in [0.29, 0.717) is 11.8 Å². The van der Waals surface area contributed by atoms with Gasteiger partial charge >= 0.3 is 0 Å². The normalized spacial score (nSPS) is 33.0. The van der Waals surface area contributed by atoms with Gasteiger partial charge in [0.1, 0.15) is 0 Å². The quantitative estimate of drug-likeness (QED) is 0.741. The first-order valence-electron chi connectivity index (χ1n) is 5.75. The van der Waals surface area contributed by atoms with Crippen molar-refractivity contribution >= 4 is 11.6 Å². The van der Waals surface area contributed by atoms with Crippen LogP contribution in [0.5, 0.6) is 0 Å². The summed E-state index contributed by atoms with van der Waals surface area (Å²) in [5.41, 5.74) is 0. The minimum atomic E-state index is 0.547. The molecule has 1 aromatic heterocycles. The topological polar surface area (TPSA) is 38.9 Å². The molecule has 15 heavy (non-hydrogen) atoms. The van der Waals surface area contributed by atoms with Crippen molar-refractivity contribution in [3.05, 3.63) is 11.8 Å². The molecule has 0 spiro atoms. The van der Waals surface area contributed by atoms with Crippen LogP contribution in [0.15, 0.2) is 4.42 Å². The first-order valence-corrected chi connectivity index (χ1v) is 6.28. The van der Waals surface area contributed by atoms with Crippen LogP contribution in [0.3, 0.4) is 0 Å². The van der Waals surface area contributed by atoms with Crippen LogP contribution >= 0.6 is 11.6 Å². The van der Waals surface area contributed by atoms with Gasteiger partial charge in [0.2, 0.25) is 11.8 Å². The number of rotatable bonds is 4. The van der Waals surface area contributed by atoms with Gasteiger partial charge in [0, 0.05) is 18.2 Å². The highest BCUT2D eigenvalue weighted by Crippen LogP contribution is 2.57. The molecule has 2 unspecified atom stereocenters. The molecule has 2 aliphatic rings. The zero-order valence-electron chi connectivity index (χ0n) is 8.66. The molecule has 0 amide bonds. The fraction of sp³-hybridized carbons (Fsp3) is 0.818. The van der Waals surface area contributed by atoms with Crippen molar-refractivity contribution in [1.29, 1.82) is 0 Å². The third-order valence-electron chi connectivity index (χ3n) is 3.60. The Hall–Kier alpha value is -0.570. The van der Waals surface area contributed by atoms with Crippen molar-refractivity contribution in [1.82, 2.24) is 10.2 Å². The predicted octanol–water partition coefficient (Wildman–Crippen LogP) is 2.75. The van der Waals surface area contributed by atoms with Gasteiger partial charge < -0.3 is 4.42 Å². The van der Waals surface area contributed by atoms with Crippen LogP contribution in [-0.4, -0.2) is 16.1 Å². The molecule has 1 aromatic rings. The Morgan fingerprint density at radius 2 is 2.00 bits per heavy atom. The van der Waals surface area contributed by atoms with Gasteiger partial charge in [0.15, 0.2) is 0 Å². The lowest BCUT2D eigenvalue weighted by Gasteiger charge is -2.04. The highest BCUT2D eigenvalue weighted by atomic mass is 35.5. The number of aryl methyl sites for hydroxylation is 1. The van der Waals surface area contributed by atoms with E-state index in [2.05, 4.69) is 10.2 Å². The Morgan fingerprint density at radius 3 is 2.73 bits per heavy atom. The Bertz CT molecular complexity index is 342. The van der Waals surface area contributed by atoms with Crippen LogP contribution in [0.2, 0.25) is 0 Å². The molecule has 0 aliphatic heterocycles. The second kappa shape index (κ2) is 3.78. The summed E-state index contributed by atoms with van der Waals surface area (Å²) in [6.45, 7) is 0. The lowest BCUT2D eigenvalue weighted by Crippen LogP contribution is -1.95. The largest absolute Gasteiger partial charge is 0.425 e. The van der Waals surface area contributed by atoms with Crippen molar-refractivity contribution in [2.45, 2.75) is 38.0 Å². The molecule has 1 heterocycles. The summed E-state index contributed by atoms with van der Waals surface area (Å²) in [6, 6.07) is 0. The molecular formula is C11H15ClN2O. The number of fused-ring (bicyclic) bond motifs is 1. The van der Waals surface area contributed by atoms with Crippen LogP contribution in [0, 0.1) is 11.8 Å². The monoisotopic (exact) mass is 226 g/mol. The van der Waals surface area contributed by atoms with E-state index in [4.69, 9.17) is 16.0 Å². The number of halogens is 1. The SMILES string of the molecule is ClCCCc1nnc(C2CC3CC3C2)o1. The number of alkyl halides is 1. The minimum Gasteiger partial charge on any atom is -0.425 e. The first-order chi connectivity index (χ1) is 7.36. The van der Waals surface area contributed by atoms with Crippen LogP contribution in [0.1, 0.15) is 43.4 Å². The summed E-state index contributed by atoms with van der Waals surface area (Å²) >= 11 is 5.62. The second-order valence-electron chi connectivity index (χ2n) is 4.75. The summed E-state index contributed by atoms with van der Waals surface area (Å²) in [5.74, 6) is 4.76. The fourth-order valence-electron chi connectivity index (χ4n) is 2.67. The molecule has 3 nitrogen and oxygen atoms in total. The van der Waals surface area contributed by atoms with Crippen molar-refractivity contribution in [3.8, 4) is 0 Å². The van der Waals surface area contributed by atoms with Gasteiger partial charge in [0.25, 0.3) is 0 Å². The minimum absolute atomic E-state index is 0.547. The highest BCUT2D eigenvalue weighted by molar-refractivity contribution is 6.17. The number of aromatic nitrogens is 2. The number of nitrogens with zero attached hydrogens (tertiary/aromatic N) is 2. The van der Waals surface area contributed by atoms with E-state index in [1.54, 1.807) is 0 Å². The van der Waals surface area contributed by atoms with Gasteiger partial charge in [-0.1, -0.05) is 0 Å². The lowest BCUT2D eigenvalue weighted by molar-refractivity contribution is 0.402. The lowest BCUT2D eigenvalue weighted by atomic mass is 10.0. The van der Waals surface area contributed by atoms with Crippen molar-refractivity contribution < 1.29 is 4.42 Å². The number of hydrogen-bond acceptors (Lipinski definition) is 3. The van der Waals surface area contributed by atoms with Crippen LogP contribution in [0.4, 0.5) is 0 Å². The summed E-state index contributed by atoms with van der Waals surface area (Å²) in [5, 5.41) is 8.21. The molecule has 4 heteroatoms. The van der Waals surface area contributed by atoms with E-state index in [0.717, 1.165) is 36.5 Å². The molecule has 0 N–H and O–H groups in total. The van der Waals surface area contributed by atoms with Crippen molar-refractivity contribution in [3.63, 3.8) is 0 Å². The third-order valence-corrected chi connectivity index (χ3v) is 3.87. The molecular weight excluding hydrogens is 212 g/mol. The number of hydrogen-bond donors (Lipinski definition) is 0. The van der Waals surface area contributed by atoms with Crippen LogP contribution in [0.25, 0.3) is 0 Å². The molecule has 2 saturated carbocycles. The van der Waals surface area contributed by atoms with Gasteiger partial charge in [-0.3, -0.25) is 0 Å². The van der Waals surface area contributed by atoms with E-state index in [1.807, 2.05) is 0 Å². The van der Waals surface area contributed by atoms with E-state index in [-0.39, 0.29) is 0 Å². The maximum absolute atomic E-state index is 5.66. The van der Waals surface area contributed by atoms with Gasteiger partial charge in [-0.25, -0.2) is 0 Å². The zero-order chi connectivity index (χ0) is 10.3. The molecule has 0 radical (unpaired) electrons. The summed E-state index contributed by atoms with van der Waals surface area (Å²) in [4.78, 5) is 0. The van der Waals surface area contributed by atoms with Gasteiger partial charge in [-0.15, -0.1) is 21.8 Å². The molecule has 0 saturated heterocycles. The van der Waals surface area contributed by atoms with E-state index in [9.17, 15) is 0 Å². The van der Waals surface area contributed by atoms with Crippen LogP contribution < -0.4 is 0 Å². The maximum atomic E-state index is 5.66. The van der Waals surface area contributed by atoms with Gasteiger partial charge in [-0.05, 0) is 37.5 Å². The fourth-order valence-corrected chi connectivity index (χ4v) is 2.80. The van der Waals surface area contributed by atoms with E-state index in [1.165, 1.54) is 19.3 Å². The molecule has 2 atom stereocenters. The smallest absolute Gasteiger partial charge is 0.219 e. The summed E-state index contributed by atoms with van der Waals surface area (Å²) < 4.78 is 5.66. The Balaban J connectivity index is 1.63. The molecule has 2 aliphatic carbocycles. The average Bonchev–Trinajstić information content (AvgIpc) is 2.71. The van der Waals surface area contributed by atoms with E-state index >= 15 is 0 Å². The third kappa shape index (κ3) is 1.89. The summed E-state index contributed by atoms with van der Waals surface area (Å²) in [6.07, 6.45) is 5.70. The summed E-state index contributed by atoms with van der Waals surface area (Å²) in [7, 11) is 0. The van der Waals surface area contributed by atoms with Gasteiger partial charge in [-0.2, -0.15) is 0 Å².